The molecule has 0 rings (SSSR count). The van der Waals surface area contributed by atoms with E-state index < -0.39 is 69.5 Å². The van der Waals surface area contributed by atoms with Crippen LogP contribution < -0.4 is 0 Å². The SMILES string of the molecule is C=C(I)C(=O)OCC(COC(=O)C(=C)I)(COC(=O)C(=C)I)COC(=O)C(I)(I)C(C)(C)C(I)(I)C(CC)(CC)N([O-])O. The highest BCUT2D eigenvalue weighted by molar-refractivity contribution is 14.2. The lowest BCUT2D eigenvalue weighted by atomic mass is 9.73. The summed E-state index contributed by atoms with van der Waals surface area (Å²) >= 11 is 13.1. The Morgan fingerprint density at radius 1 is 0.721 bits per heavy atom. The Balaban J connectivity index is 6.64. The van der Waals surface area contributed by atoms with Crippen molar-refractivity contribution in [1.29, 1.82) is 0 Å². The monoisotopic (exact) mass is 1390 g/mol. The van der Waals surface area contributed by atoms with Crippen molar-refractivity contribution in [3.05, 3.63) is 35.7 Å². The molecule has 0 aliphatic heterocycles. The third kappa shape index (κ3) is 11.3. The molecule has 0 aliphatic rings. The van der Waals surface area contributed by atoms with Gasteiger partial charge in [-0.1, -0.05) is 138 Å². The average molecular weight is 1390 g/mol. The zero-order valence-corrected chi connectivity index (χ0v) is 38.7. The van der Waals surface area contributed by atoms with Crippen molar-refractivity contribution in [3.63, 3.8) is 0 Å². The lowest BCUT2D eigenvalue weighted by Crippen LogP contribution is -2.65. The fraction of sp³-hybridized carbons (Fsp3) is 0.600. The molecule has 0 radical (unpaired) electrons. The van der Waals surface area contributed by atoms with Crippen LogP contribution in [0.2, 0.25) is 0 Å². The first-order valence-electron chi connectivity index (χ1n) is 12.1. The van der Waals surface area contributed by atoms with Gasteiger partial charge in [-0.25, -0.2) is 19.2 Å². The van der Waals surface area contributed by atoms with Crippen molar-refractivity contribution >= 4 is 182 Å². The number of hydrogen-bond donors (Lipinski definition) is 1. The number of carbonyl (C=O) groups is 4. The van der Waals surface area contributed by atoms with Gasteiger partial charge in [0.25, 0.3) is 0 Å². The van der Waals surface area contributed by atoms with Gasteiger partial charge in [0.15, 0.2) is 1.43 Å². The zero-order valence-electron chi connectivity index (χ0n) is 23.6. The Morgan fingerprint density at radius 2 is 1.02 bits per heavy atom. The van der Waals surface area contributed by atoms with Gasteiger partial charge in [-0.2, -0.15) is 0 Å². The molecule has 18 heteroatoms. The van der Waals surface area contributed by atoms with Crippen LogP contribution in [0.3, 0.4) is 0 Å². The first kappa shape index (κ1) is 45.1. The van der Waals surface area contributed by atoms with Crippen molar-refractivity contribution in [2.75, 3.05) is 26.4 Å². The van der Waals surface area contributed by atoms with E-state index in [9.17, 15) is 29.6 Å². The van der Waals surface area contributed by atoms with Crippen LogP contribution in [-0.4, -0.2) is 69.1 Å². The summed E-state index contributed by atoms with van der Waals surface area (Å²) in [5.74, 6) is -3.05. The number of ether oxygens (including phenoxy) is 4. The van der Waals surface area contributed by atoms with E-state index in [-0.39, 0.29) is 28.8 Å². The average Bonchev–Trinajstić information content (AvgIpc) is 2.91. The molecule has 0 spiro atoms. The van der Waals surface area contributed by atoms with Crippen molar-refractivity contribution in [2.24, 2.45) is 10.8 Å². The quantitative estimate of drug-likeness (QED) is 0.0356. The Labute approximate surface area is 347 Å². The number of halogens is 7. The minimum Gasteiger partial charge on any atom is -0.762 e. The second-order valence-corrected chi connectivity index (χ2v) is 24.3. The van der Waals surface area contributed by atoms with E-state index >= 15 is 0 Å². The highest BCUT2D eigenvalue weighted by atomic mass is 127. The Kier molecular flexibility index (Phi) is 19.7. The molecule has 0 amide bonds. The van der Waals surface area contributed by atoms with Crippen LogP contribution >= 0.6 is 158 Å². The second kappa shape index (κ2) is 18.7. The summed E-state index contributed by atoms with van der Waals surface area (Å²) in [4.78, 5) is 50.7. The highest BCUT2D eigenvalue weighted by Gasteiger charge is 2.65. The van der Waals surface area contributed by atoms with Gasteiger partial charge < -0.3 is 29.4 Å². The van der Waals surface area contributed by atoms with Crippen LogP contribution in [0.15, 0.2) is 30.5 Å². The van der Waals surface area contributed by atoms with Crippen molar-refractivity contribution in [2.45, 2.75) is 48.9 Å². The predicted molar refractivity (Wildman–Crippen MR) is 221 cm³/mol. The van der Waals surface area contributed by atoms with Gasteiger partial charge in [0, 0.05) is 5.41 Å². The molecule has 0 saturated carbocycles. The molecule has 0 aromatic rings. The van der Waals surface area contributed by atoms with Gasteiger partial charge in [-0.3, -0.25) is 5.23 Å². The number of hydroxylamine groups is 2. The molecule has 0 aromatic carbocycles. The lowest BCUT2D eigenvalue weighted by Gasteiger charge is -2.59. The maximum Gasteiger partial charge on any atom is 0.343 e. The first-order valence-corrected chi connectivity index (χ1v) is 19.6. The molecule has 0 aromatic heterocycles. The van der Waals surface area contributed by atoms with E-state index in [4.69, 9.17) is 18.9 Å². The maximum absolute atomic E-state index is 13.9. The van der Waals surface area contributed by atoms with Crippen LogP contribution in [0.4, 0.5) is 0 Å². The summed E-state index contributed by atoms with van der Waals surface area (Å²) in [6.45, 7) is 15.8. The lowest BCUT2D eigenvalue weighted by molar-refractivity contribution is -0.168. The molecule has 0 unspecified atom stereocenters. The number of rotatable bonds is 18. The van der Waals surface area contributed by atoms with Crippen LogP contribution in [0.25, 0.3) is 0 Å². The Morgan fingerprint density at radius 3 is 1.28 bits per heavy atom. The van der Waals surface area contributed by atoms with Gasteiger partial charge in [0.2, 0.25) is 0 Å². The first-order chi connectivity index (χ1) is 19.4. The number of hydrogen-bond acceptors (Lipinski definition) is 11. The molecule has 1 N–H and O–H groups in total. The summed E-state index contributed by atoms with van der Waals surface area (Å²) in [6, 6.07) is 0. The molecule has 0 bridgehead atoms. The van der Waals surface area contributed by atoms with Crippen LogP contribution in [0.5, 0.6) is 0 Å². The van der Waals surface area contributed by atoms with E-state index in [0.717, 1.165) is 0 Å². The van der Waals surface area contributed by atoms with Crippen LogP contribution in [0.1, 0.15) is 40.5 Å². The smallest absolute Gasteiger partial charge is 0.343 e. The summed E-state index contributed by atoms with van der Waals surface area (Å²) in [5, 5.41) is 22.7. The number of carbonyl (C=O) groups excluding carboxylic acids is 4. The number of esters is 4. The fourth-order valence-electron chi connectivity index (χ4n) is 3.57. The number of nitrogens with zero attached hydrogens (tertiary/aromatic N) is 1. The third-order valence-electron chi connectivity index (χ3n) is 6.65. The topological polar surface area (TPSA) is 152 Å². The zero-order chi connectivity index (χ0) is 34.2. The maximum atomic E-state index is 13.9. The van der Waals surface area contributed by atoms with E-state index in [1.54, 1.807) is 95.5 Å². The molecule has 0 fully saturated rings. The standard InChI is InChI=1S/C25H31I7NO10/c1-8-23(9-2,33(38)39)25(31,32)21(6,7)24(29,30)20(37)43-13-22(10-40-17(34)14(3)26,11-41-18(35)15(4)27)12-42-19(36)16(5)28/h38H,3-5,8-13H2,1-2,6-7H3/q-1. The van der Waals surface area contributed by atoms with Gasteiger partial charge in [0.05, 0.1) is 16.3 Å². The van der Waals surface area contributed by atoms with E-state index in [0.29, 0.717) is 0 Å². The van der Waals surface area contributed by atoms with Crippen LogP contribution in [0, 0.1) is 16.0 Å². The Bertz CT molecular complexity index is 1030. The molecule has 11 nitrogen and oxygen atoms in total. The molecular formula is C25H31I7NO10-. The minimum absolute atomic E-state index is 0.0344. The third-order valence-corrected chi connectivity index (χ3v) is 16.3. The fourth-order valence-corrected chi connectivity index (χ4v) is 9.97. The predicted octanol–water partition coefficient (Wildman–Crippen LogP) is 7.90. The largest absolute Gasteiger partial charge is 0.762 e. The molecule has 0 saturated heterocycles. The Hall–Kier alpha value is 2.09. The van der Waals surface area contributed by atoms with Crippen molar-refractivity contribution in [3.8, 4) is 0 Å². The number of alkyl halides is 4. The molecular weight excluding hydrogens is 1360 g/mol. The molecule has 0 aliphatic carbocycles. The van der Waals surface area contributed by atoms with Crippen molar-refractivity contribution in [1.82, 2.24) is 5.23 Å². The normalized spacial score (nSPS) is 12.8. The van der Waals surface area contributed by atoms with E-state index in [1.165, 1.54) is 0 Å². The van der Waals surface area contributed by atoms with Gasteiger partial charge in [-0.15, -0.1) is 0 Å². The summed E-state index contributed by atoms with van der Waals surface area (Å²) in [5.41, 5.74) is -3.80. The summed E-state index contributed by atoms with van der Waals surface area (Å²) < 4.78 is 19.7. The molecule has 0 heterocycles. The second-order valence-electron chi connectivity index (χ2n) is 9.80. The van der Waals surface area contributed by atoms with E-state index in [2.05, 4.69) is 64.9 Å². The van der Waals surface area contributed by atoms with Crippen LogP contribution in [-0.2, 0) is 38.1 Å². The van der Waals surface area contributed by atoms with Gasteiger partial charge >= 0.3 is 23.9 Å². The van der Waals surface area contributed by atoms with Gasteiger partial charge in [0.1, 0.15) is 33.3 Å². The summed E-state index contributed by atoms with van der Waals surface area (Å²) in [7, 11) is 0. The summed E-state index contributed by atoms with van der Waals surface area (Å²) in [6.07, 6.45) is 0.573. The molecule has 43 heavy (non-hydrogen) atoms. The minimum atomic E-state index is -1.53. The molecule has 0 atom stereocenters. The van der Waals surface area contributed by atoms with E-state index in [1.807, 2.05) is 45.2 Å². The van der Waals surface area contributed by atoms with Crippen molar-refractivity contribution < 1.29 is 43.3 Å². The highest BCUT2D eigenvalue weighted by Crippen LogP contribution is 2.64. The van der Waals surface area contributed by atoms with Gasteiger partial charge in [-0.05, 0) is 80.6 Å². The molecule has 246 valence electrons.